The highest BCUT2D eigenvalue weighted by Gasteiger charge is 2.21. The summed E-state index contributed by atoms with van der Waals surface area (Å²) in [7, 11) is 4.05. The lowest BCUT2D eigenvalue weighted by Crippen LogP contribution is -2.09. The lowest BCUT2D eigenvalue weighted by molar-refractivity contribution is -0.131. The van der Waals surface area contributed by atoms with Gasteiger partial charge in [-0.2, -0.15) is 0 Å². The van der Waals surface area contributed by atoms with Crippen LogP contribution in [0, 0.1) is 5.92 Å². The van der Waals surface area contributed by atoms with Gasteiger partial charge < -0.3 is 10.0 Å². The molecule has 1 saturated carbocycles. The zero-order chi connectivity index (χ0) is 13.8. The fourth-order valence-electron chi connectivity index (χ4n) is 2.74. The Morgan fingerprint density at radius 1 is 1.37 bits per heavy atom. The van der Waals surface area contributed by atoms with Crippen LogP contribution in [0.1, 0.15) is 24.8 Å². The fourth-order valence-corrected chi connectivity index (χ4v) is 2.74. The number of benzene rings is 1. The van der Waals surface area contributed by atoms with Gasteiger partial charge >= 0.3 is 5.97 Å². The van der Waals surface area contributed by atoms with E-state index in [4.69, 9.17) is 5.11 Å². The molecule has 1 aliphatic carbocycles. The molecule has 0 bridgehead atoms. The summed E-state index contributed by atoms with van der Waals surface area (Å²) in [4.78, 5) is 12.9. The molecule has 1 N–H and O–H groups in total. The zero-order valence-corrected chi connectivity index (χ0v) is 11.6. The van der Waals surface area contributed by atoms with Crippen LogP contribution < -0.4 is 4.90 Å². The van der Waals surface area contributed by atoms with Gasteiger partial charge in [-0.3, -0.25) is 0 Å². The number of hydrogen-bond acceptors (Lipinski definition) is 2. The number of anilines is 1. The highest BCUT2D eigenvalue weighted by Crippen LogP contribution is 2.33. The van der Waals surface area contributed by atoms with E-state index in [-0.39, 0.29) is 0 Å². The number of carboxylic acids is 1. The summed E-state index contributed by atoms with van der Waals surface area (Å²) < 4.78 is 0. The largest absolute Gasteiger partial charge is 0.478 e. The first-order valence-electron chi connectivity index (χ1n) is 6.76. The van der Waals surface area contributed by atoms with Crippen LogP contribution in [0.15, 0.2) is 35.9 Å². The van der Waals surface area contributed by atoms with Crippen LogP contribution in [0.2, 0.25) is 0 Å². The Hall–Kier alpha value is -1.77. The van der Waals surface area contributed by atoms with Crippen molar-refractivity contribution in [3.8, 4) is 0 Å². The Labute approximate surface area is 114 Å². The Morgan fingerprint density at radius 2 is 2.05 bits per heavy atom. The molecule has 0 amide bonds. The van der Waals surface area contributed by atoms with Crippen LogP contribution in [0.3, 0.4) is 0 Å². The molecular formula is C16H21NO2. The van der Waals surface area contributed by atoms with Gasteiger partial charge in [0.25, 0.3) is 0 Å². The topological polar surface area (TPSA) is 40.5 Å². The van der Waals surface area contributed by atoms with E-state index in [0.29, 0.717) is 5.92 Å². The first-order valence-corrected chi connectivity index (χ1v) is 6.76. The van der Waals surface area contributed by atoms with Crippen molar-refractivity contribution in [1.29, 1.82) is 0 Å². The lowest BCUT2D eigenvalue weighted by Gasteiger charge is -2.15. The fraction of sp³-hybridized carbons (Fsp3) is 0.438. The Morgan fingerprint density at radius 3 is 2.63 bits per heavy atom. The van der Waals surface area contributed by atoms with Crippen LogP contribution in [0.4, 0.5) is 5.69 Å². The molecular weight excluding hydrogens is 238 g/mol. The van der Waals surface area contributed by atoms with E-state index in [1.807, 2.05) is 14.1 Å². The monoisotopic (exact) mass is 259 g/mol. The maximum absolute atomic E-state index is 10.8. The van der Waals surface area contributed by atoms with Crippen LogP contribution in [-0.2, 0) is 11.2 Å². The third-order valence-corrected chi connectivity index (χ3v) is 3.79. The van der Waals surface area contributed by atoms with Gasteiger partial charge in [0.1, 0.15) is 0 Å². The van der Waals surface area contributed by atoms with E-state index in [9.17, 15) is 4.79 Å². The minimum Gasteiger partial charge on any atom is -0.478 e. The molecule has 3 heteroatoms. The van der Waals surface area contributed by atoms with Crippen LogP contribution in [0.5, 0.6) is 0 Å². The minimum absolute atomic E-state index is 0.404. The van der Waals surface area contributed by atoms with Crippen molar-refractivity contribution >= 4 is 11.7 Å². The molecule has 0 radical (unpaired) electrons. The first-order chi connectivity index (χ1) is 9.06. The van der Waals surface area contributed by atoms with Crippen LogP contribution >= 0.6 is 0 Å². The molecule has 1 unspecified atom stereocenters. The average Bonchev–Trinajstić information content (AvgIpc) is 2.76. The average molecular weight is 259 g/mol. The Balaban J connectivity index is 2.06. The third-order valence-electron chi connectivity index (χ3n) is 3.79. The van der Waals surface area contributed by atoms with Crippen molar-refractivity contribution in [3.05, 3.63) is 41.5 Å². The van der Waals surface area contributed by atoms with Crippen molar-refractivity contribution in [2.45, 2.75) is 25.7 Å². The van der Waals surface area contributed by atoms with Gasteiger partial charge in [-0.05, 0) is 49.3 Å². The molecule has 3 nitrogen and oxygen atoms in total. The molecule has 2 rings (SSSR count). The molecule has 1 aliphatic rings. The van der Waals surface area contributed by atoms with Crippen molar-refractivity contribution in [1.82, 2.24) is 0 Å². The van der Waals surface area contributed by atoms with Crippen molar-refractivity contribution in [3.63, 3.8) is 0 Å². The maximum atomic E-state index is 10.8. The van der Waals surface area contributed by atoms with Gasteiger partial charge in [0.2, 0.25) is 0 Å². The number of carboxylic acid groups (broad SMARTS) is 1. The predicted octanol–water partition coefficient (Wildman–Crippen LogP) is 3.11. The minimum atomic E-state index is -0.815. The summed E-state index contributed by atoms with van der Waals surface area (Å²) >= 11 is 0. The van der Waals surface area contributed by atoms with E-state index in [1.54, 1.807) is 0 Å². The number of allylic oxidation sites excluding steroid dienone is 1. The number of carbonyl (C=O) groups is 1. The summed E-state index contributed by atoms with van der Waals surface area (Å²) in [5, 5.41) is 8.87. The van der Waals surface area contributed by atoms with Gasteiger partial charge in [0.15, 0.2) is 0 Å². The molecule has 0 aliphatic heterocycles. The van der Waals surface area contributed by atoms with Gasteiger partial charge in [0, 0.05) is 25.9 Å². The predicted molar refractivity (Wildman–Crippen MR) is 77.5 cm³/mol. The molecule has 19 heavy (non-hydrogen) atoms. The van der Waals surface area contributed by atoms with Crippen molar-refractivity contribution in [2.24, 2.45) is 5.92 Å². The quantitative estimate of drug-likeness (QED) is 0.845. The highest BCUT2D eigenvalue weighted by molar-refractivity contribution is 5.80. The normalized spacial score (nSPS) is 20.7. The van der Waals surface area contributed by atoms with Gasteiger partial charge in [0.05, 0.1) is 0 Å². The highest BCUT2D eigenvalue weighted by atomic mass is 16.4. The van der Waals surface area contributed by atoms with E-state index >= 15 is 0 Å². The maximum Gasteiger partial charge on any atom is 0.328 e. The molecule has 0 aromatic heterocycles. The van der Waals surface area contributed by atoms with Crippen LogP contribution in [0.25, 0.3) is 0 Å². The lowest BCUT2D eigenvalue weighted by atomic mass is 9.94. The first kappa shape index (κ1) is 13.7. The smallest absolute Gasteiger partial charge is 0.328 e. The number of aliphatic carboxylic acids is 1. The van der Waals surface area contributed by atoms with Crippen molar-refractivity contribution < 1.29 is 9.90 Å². The third kappa shape index (κ3) is 3.60. The Kier molecular flexibility index (Phi) is 4.25. The van der Waals surface area contributed by atoms with E-state index in [2.05, 4.69) is 29.2 Å². The Bertz CT molecular complexity index is 474. The number of rotatable bonds is 4. The molecule has 0 heterocycles. The van der Waals surface area contributed by atoms with E-state index < -0.39 is 5.97 Å². The number of nitrogens with zero attached hydrogens (tertiary/aromatic N) is 1. The molecule has 1 fully saturated rings. The number of hydrogen-bond donors (Lipinski definition) is 1. The van der Waals surface area contributed by atoms with Crippen LogP contribution in [-0.4, -0.2) is 25.2 Å². The molecule has 0 spiro atoms. The van der Waals surface area contributed by atoms with E-state index in [0.717, 1.165) is 31.3 Å². The van der Waals surface area contributed by atoms with Crippen molar-refractivity contribution in [2.75, 3.05) is 19.0 Å². The summed E-state index contributed by atoms with van der Waals surface area (Å²) in [6.45, 7) is 0. The second kappa shape index (κ2) is 5.91. The zero-order valence-electron chi connectivity index (χ0n) is 11.6. The SMILES string of the molecule is CN(C)c1ccc(CC2CCC/C2=C\C(=O)O)cc1. The van der Waals surface area contributed by atoms with Gasteiger partial charge in [-0.25, -0.2) is 4.79 Å². The molecule has 1 aromatic rings. The van der Waals surface area contributed by atoms with Gasteiger partial charge in [-0.1, -0.05) is 17.7 Å². The summed E-state index contributed by atoms with van der Waals surface area (Å²) in [5.41, 5.74) is 3.58. The van der Waals surface area contributed by atoms with Gasteiger partial charge in [-0.15, -0.1) is 0 Å². The standard InChI is InChI=1S/C16H21NO2/c1-17(2)15-8-6-12(7-9-15)10-13-4-3-5-14(13)11-16(18)19/h6-9,11,13H,3-5,10H2,1-2H3,(H,18,19)/b14-11+. The second-order valence-electron chi connectivity index (χ2n) is 5.41. The molecule has 0 saturated heterocycles. The summed E-state index contributed by atoms with van der Waals surface area (Å²) in [5.74, 6) is -0.411. The summed E-state index contributed by atoms with van der Waals surface area (Å²) in [6, 6.07) is 8.52. The van der Waals surface area contributed by atoms with E-state index in [1.165, 1.54) is 17.3 Å². The second-order valence-corrected chi connectivity index (χ2v) is 5.41. The molecule has 102 valence electrons. The molecule has 1 aromatic carbocycles. The molecule has 1 atom stereocenters. The summed E-state index contributed by atoms with van der Waals surface area (Å²) in [6.07, 6.45) is 5.51.